The first kappa shape index (κ1) is 21.3. The molecule has 0 radical (unpaired) electrons. The summed E-state index contributed by atoms with van der Waals surface area (Å²) in [5.74, 6) is -0.163. The number of nitrogens with zero attached hydrogens (tertiary/aromatic N) is 1. The van der Waals surface area contributed by atoms with Crippen molar-refractivity contribution in [3.05, 3.63) is 52.0 Å². The van der Waals surface area contributed by atoms with Gasteiger partial charge in [0.1, 0.15) is 0 Å². The third-order valence-corrected chi connectivity index (χ3v) is 6.32. The number of aryl methyl sites for hydroxylation is 2. The van der Waals surface area contributed by atoms with Crippen LogP contribution in [0.1, 0.15) is 36.0 Å². The molecule has 2 rings (SSSR count). The molecule has 0 saturated heterocycles. The monoisotopic (exact) mass is 407 g/mol. The number of hydrogen-bond acceptors (Lipinski definition) is 5. The van der Waals surface area contributed by atoms with E-state index in [-0.39, 0.29) is 10.8 Å². The lowest BCUT2D eigenvalue weighted by molar-refractivity contribution is -0.116. The molecule has 1 aromatic heterocycles. The normalized spacial score (nSPS) is 11.8. The Morgan fingerprint density at radius 1 is 1.22 bits per heavy atom. The van der Waals surface area contributed by atoms with Crippen LogP contribution in [0, 0.1) is 6.92 Å². The predicted octanol–water partition coefficient (Wildman–Crippen LogP) is 2.90. The van der Waals surface area contributed by atoms with Gasteiger partial charge in [-0.3, -0.25) is 4.79 Å². The standard InChI is InChI=1S/C19H25N3O3S2/c1-3-21-27(24,25)17-10-7-16(8-11-17)9-12-18(23)20-13-5-4-6-19-22-15(2)14-26-19/h7-12,14,21H,3-6,13H2,1-2H3,(H,20,23). The molecule has 0 bridgehead atoms. The Morgan fingerprint density at radius 3 is 2.59 bits per heavy atom. The Kier molecular flexibility index (Phi) is 8.15. The number of amides is 1. The maximum absolute atomic E-state index is 11.9. The van der Waals surface area contributed by atoms with Crippen molar-refractivity contribution < 1.29 is 13.2 Å². The summed E-state index contributed by atoms with van der Waals surface area (Å²) in [6, 6.07) is 6.39. The molecule has 1 heterocycles. The Labute approximate surface area is 164 Å². The lowest BCUT2D eigenvalue weighted by atomic mass is 10.2. The van der Waals surface area contributed by atoms with E-state index in [1.807, 2.05) is 12.3 Å². The summed E-state index contributed by atoms with van der Waals surface area (Å²) in [5.41, 5.74) is 1.82. The molecule has 0 atom stereocenters. The van der Waals surface area contributed by atoms with E-state index in [4.69, 9.17) is 0 Å². The van der Waals surface area contributed by atoms with E-state index in [1.54, 1.807) is 36.5 Å². The molecule has 1 aromatic carbocycles. The third kappa shape index (κ3) is 7.24. The van der Waals surface area contributed by atoms with Crippen LogP contribution < -0.4 is 10.0 Å². The van der Waals surface area contributed by atoms with Crippen molar-refractivity contribution in [1.82, 2.24) is 15.0 Å². The minimum absolute atomic E-state index is 0.163. The fraction of sp³-hybridized carbons (Fsp3) is 0.368. The highest BCUT2D eigenvalue weighted by Gasteiger charge is 2.11. The van der Waals surface area contributed by atoms with E-state index < -0.39 is 10.0 Å². The lowest BCUT2D eigenvalue weighted by Gasteiger charge is -2.04. The summed E-state index contributed by atoms with van der Waals surface area (Å²) in [7, 11) is -3.45. The summed E-state index contributed by atoms with van der Waals surface area (Å²) in [6.45, 7) is 4.68. The van der Waals surface area contributed by atoms with Crippen molar-refractivity contribution in [2.75, 3.05) is 13.1 Å². The molecule has 0 aliphatic carbocycles. The maximum Gasteiger partial charge on any atom is 0.243 e. The van der Waals surface area contributed by atoms with Gasteiger partial charge < -0.3 is 5.32 Å². The van der Waals surface area contributed by atoms with Gasteiger partial charge >= 0.3 is 0 Å². The van der Waals surface area contributed by atoms with Gasteiger partial charge in [0, 0.05) is 30.2 Å². The smallest absolute Gasteiger partial charge is 0.243 e. The van der Waals surface area contributed by atoms with E-state index >= 15 is 0 Å². The second kappa shape index (κ2) is 10.3. The second-order valence-corrected chi connectivity index (χ2v) is 8.74. The van der Waals surface area contributed by atoms with Crippen molar-refractivity contribution in [1.29, 1.82) is 0 Å². The highest BCUT2D eigenvalue weighted by Crippen LogP contribution is 2.12. The molecule has 6 nitrogen and oxygen atoms in total. The molecule has 146 valence electrons. The average molecular weight is 408 g/mol. The molecule has 8 heteroatoms. The van der Waals surface area contributed by atoms with Gasteiger partial charge in [0.05, 0.1) is 9.90 Å². The molecule has 0 unspecified atom stereocenters. The number of benzene rings is 1. The van der Waals surface area contributed by atoms with Gasteiger partial charge in [-0.05, 0) is 50.0 Å². The minimum atomic E-state index is -3.45. The molecule has 1 amide bonds. The number of thiazole rings is 1. The van der Waals surface area contributed by atoms with Crippen LogP contribution >= 0.6 is 11.3 Å². The average Bonchev–Trinajstić information content (AvgIpc) is 3.05. The van der Waals surface area contributed by atoms with Crippen LogP contribution in [-0.2, 0) is 21.2 Å². The predicted molar refractivity (Wildman–Crippen MR) is 109 cm³/mol. The summed E-state index contributed by atoms with van der Waals surface area (Å²) in [4.78, 5) is 16.5. The molecule has 0 saturated carbocycles. The lowest BCUT2D eigenvalue weighted by Crippen LogP contribution is -2.23. The van der Waals surface area contributed by atoms with Crippen molar-refractivity contribution in [2.45, 2.75) is 38.0 Å². The number of carbonyl (C=O) groups excluding carboxylic acids is 1. The third-order valence-electron chi connectivity index (χ3n) is 3.74. The number of unbranched alkanes of at least 4 members (excludes halogenated alkanes) is 1. The van der Waals surface area contributed by atoms with E-state index in [0.717, 1.165) is 35.5 Å². The molecule has 0 fully saturated rings. The zero-order valence-corrected chi connectivity index (χ0v) is 17.2. The zero-order chi connectivity index (χ0) is 19.7. The van der Waals surface area contributed by atoms with Crippen molar-refractivity contribution >= 4 is 33.3 Å². The van der Waals surface area contributed by atoms with Crippen LogP contribution in [0.5, 0.6) is 0 Å². The Hall–Kier alpha value is -2.03. The summed E-state index contributed by atoms with van der Waals surface area (Å²) < 4.78 is 26.2. The maximum atomic E-state index is 11.9. The van der Waals surface area contributed by atoms with Crippen LogP contribution in [0.3, 0.4) is 0 Å². The first-order valence-corrected chi connectivity index (χ1v) is 11.2. The van der Waals surface area contributed by atoms with Crippen molar-refractivity contribution in [2.24, 2.45) is 0 Å². The largest absolute Gasteiger partial charge is 0.353 e. The summed E-state index contributed by atoms with van der Waals surface area (Å²) in [5, 5.41) is 6.03. The Morgan fingerprint density at radius 2 is 1.96 bits per heavy atom. The quantitative estimate of drug-likeness (QED) is 0.468. The molecular formula is C19H25N3O3S2. The zero-order valence-electron chi connectivity index (χ0n) is 15.6. The topological polar surface area (TPSA) is 88.2 Å². The molecule has 27 heavy (non-hydrogen) atoms. The number of carbonyl (C=O) groups is 1. The highest BCUT2D eigenvalue weighted by molar-refractivity contribution is 7.89. The van der Waals surface area contributed by atoms with E-state index in [1.165, 1.54) is 18.2 Å². The number of sulfonamides is 1. The number of rotatable bonds is 10. The van der Waals surface area contributed by atoms with Crippen LogP contribution in [-0.4, -0.2) is 32.4 Å². The second-order valence-electron chi connectivity index (χ2n) is 6.03. The summed E-state index contributed by atoms with van der Waals surface area (Å²) >= 11 is 1.67. The Bertz CT molecular complexity index is 872. The van der Waals surface area contributed by atoms with E-state index in [0.29, 0.717) is 13.1 Å². The molecule has 0 aliphatic rings. The van der Waals surface area contributed by atoms with Crippen LogP contribution in [0.4, 0.5) is 0 Å². The minimum Gasteiger partial charge on any atom is -0.353 e. The fourth-order valence-corrected chi connectivity index (χ4v) is 4.25. The van der Waals surface area contributed by atoms with Crippen LogP contribution in [0.15, 0.2) is 40.6 Å². The van der Waals surface area contributed by atoms with Crippen molar-refractivity contribution in [3.8, 4) is 0 Å². The van der Waals surface area contributed by atoms with Crippen molar-refractivity contribution in [3.63, 3.8) is 0 Å². The van der Waals surface area contributed by atoms with Gasteiger partial charge in [-0.1, -0.05) is 19.1 Å². The van der Waals surface area contributed by atoms with Gasteiger partial charge in [0.2, 0.25) is 15.9 Å². The Balaban J connectivity index is 1.72. The molecule has 2 aromatic rings. The van der Waals surface area contributed by atoms with Gasteiger partial charge in [0.15, 0.2) is 0 Å². The fourth-order valence-electron chi connectivity index (χ4n) is 2.39. The summed E-state index contributed by atoms with van der Waals surface area (Å²) in [6.07, 6.45) is 5.94. The van der Waals surface area contributed by atoms with Gasteiger partial charge in [-0.2, -0.15) is 0 Å². The van der Waals surface area contributed by atoms with Crippen LogP contribution in [0.2, 0.25) is 0 Å². The first-order valence-electron chi connectivity index (χ1n) is 8.87. The molecule has 2 N–H and O–H groups in total. The molecule has 0 spiro atoms. The first-order chi connectivity index (χ1) is 12.9. The van der Waals surface area contributed by atoms with Gasteiger partial charge in [-0.25, -0.2) is 18.1 Å². The SMILES string of the molecule is CCNS(=O)(=O)c1ccc(C=CC(=O)NCCCCc2nc(C)cs2)cc1. The highest BCUT2D eigenvalue weighted by atomic mass is 32.2. The molecule has 0 aliphatic heterocycles. The van der Waals surface area contributed by atoms with Gasteiger partial charge in [0.25, 0.3) is 0 Å². The number of aromatic nitrogens is 1. The van der Waals surface area contributed by atoms with E-state index in [2.05, 4.69) is 15.0 Å². The van der Waals surface area contributed by atoms with Gasteiger partial charge in [-0.15, -0.1) is 11.3 Å². The number of nitrogens with one attached hydrogen (secondary N) is 2. The van der Waals surface area contributed by atoms with Crippen LogP contribution in [0.25, 0.3) is 6.08 Å². The molecular weight excluding hydrogens is 382 g/mol. The number of hydrogen-bond donors (Lipinski definition) is 2. The van der Waals surface area contributed by atoms with E-state index in [9.17, 15) is 13.2 Å².